The second-order valence-electron chi connectivity index (χ2n) is 4.97. The smallest absolute Gasteiger partial charge is 0.350 e. The molecule has 0 fully saturated rings. The molecule has 144 valence electrons. The van der Waals surface area contributed by atoms with E-state index in [4.69, 9.17) is 14.2 Å². The number of nitrogens with one attached hydrogen (secondary N) is 1. The van der Waals surface area contributed by atoms with Gasteiger partial charge < -0.3 is 24.3 Å². The molecule has 10 heteroatoms. The number of carbonyl (C=O) groups is 3. The lowest BCUT2D eigenvalue weighted by Crippen LogP contribution is -2.21. The molecule has 1 aromatic heterocycles. The van der Waals surface area contributed by atoms with Gasteiger partial charge in [0.2, 0.25) is 0 Å². The van der Waals surface area contributed by atoms with Gasteiger partial charge in [-0.1, -0.05) is 0 Å². The van der Waals surface area contributed by atoms with Gasteiger partial charge in [-0.2, -0.15) is 0 Å². The zero-order valence-electron chi connectivity index (χ0n) is 14.7. The third-order valence-corrected chi connectivity index (χ3v) is 5.00. The number of esters is 2. The topological polar surface area (TPSA) is 100 Å². The number of amides is 1. The number of anilines is 1. The SMILES string of the molecule is COC(=O)c1sccc1NC(=O)COC(=O)c1cc(OC)c(Br)c(OC)c1. The second-order valence-corrected chi connectivity index (χ2v) is 6.68. The predicted molar refractivity (Wildman–Crippen MR) is 102 cm³/mol. The molecule has 0 saturated carbocycles. The van der Waals surface area contributed by atoms with Crippen LogP contribution in [0, 0.1) is 0 Å². The average Bonchev–Trinajstić information content (AvgIpc) is 3.13. The van der Waals surface area contributed by atoms with Crippen LogP contribution in [0.15, 0.2) is 28.1 Å². The fourth-order valence-corrected chi connectivity index (χ4v) is 3.36. The highest BCUT2D eigenvalue weighted by atomic mass is 79.9. The number of halogens is 1. The largest absolute Gasteiger partial charge is 0.495 e. The van der Waals surface area contributed by atoms with Crippen LogP contribution in [0.4, 0.5) is 5.69 Å². The van der Waals surface area contributed by atoms with Gasteiger partial charge in [-0.15, -0.1) is 11.3 Å². The first kappa shape index (κ1) is 20.7. The van der Waals surface area contributed by atoms with Crippen molar-refractivity contribution >= 4 is 50.8 Å². The molecule has 0 saturated heterocycles. The number of benzene rings is 1. The number of rotatable bonds is 7. The summed E-state index contributed by atoms with van der Waals surface area (Å²) >= 11 is 4.43. The number of hydrogen-bond donors (Lipinski definition) is 1. The fourth-order valence-electron chi connectivity index (χ4n) is 2.05. The lowest BCUT2D eigenvalue weighted by molar-refractivity contribution is -0.119. The van der Waals surface area contributed by atoms with Gasteiger partial charge in [0.05, 0.1) is 32.6 Å². The molecule has 1 heterocycles. The quantitative estimate of drug-likeness (QED) is 0.637. The van der Waals surface area contributed by atoms with Crippen molar-refractivity contribution in [1.82, 2.24) is 0 Å². The van der Waals surface area contributed by atoms with Crippen LogP contribution in [-0.2, 0) is 14.3 Å². The molecule has 0 unspecified atom stereocenters. The molecule has 0 spiro atoms. The molecule has 0 bridgehead atoms. The standard InChI is InChI=1S/C17H16BrNO7S/c1-23-11-6-9(7-12(24-2)14(11)18)16(21)26-8-13(20)19-10-4-5-27-15(10)17(22)25-3/h4-7H,8H2,1-3H3,(H,19,20). The molecular weight excluding hydrogens is 442 g/mol. The highest BCUT2D eigenvalue weighted by Gasteiger charge is 2.19. The van der Waals surface area contributed by atoms with E-state index < -0.39 is 24.5 Å². The maximum Gasteiger partial charge on any atom is 0.350 e. The summed E-state index contributed by atoms with van der Waals surface area (Å²) < 4.78 is 20.5. The first-order chi connectivity index (χ1) is 12.9. The summed E-state index contributed by atoms with van der Waals surface area (Å²) in [6.07, 6.45) is 0. The Hall–Kier alpha value is -2.59. The van der Waals surface area contributed by atoms with Crippen LogP contribution in [0.1, 0.15) is 20.0 Å². The molecule has 1 amide bonds. The minimum Gasteiger partial charge on any atom is -0.495 e. The molecule has 8 nitrogen and oxygen atoms in total. The Bertz CT molecular complexity index is 840. The minimum atomic E-state index is -0.729. The highest BCUT2D eigenvalue weighted by Crippen LogP contribution is 2.35. The molecule has 0 aliphatic rings. The van der Waals surface area contributed by atoms with Gasteiger partial charge in [-0.25, -0.2) is 9.59 Å². The van der Waals surface area contributed by atoms with E-state index in [0.717, 1.165) is 11.3 Å². The van der Waals surface area contributed by atoms with Crippen molar-refractivity contribution in [2.45, 2.75) is 0 Å². The van der Waals surface area contributed by atoms with Gasteiger partial charge >= 0.3 is 11.9 Å². The Balaban J connectivity index is 2.02. The number of thiophene rings is 1. The summed E-state index contributed by atoms with van der Waals surface area (Å²) in [5, 5.41) is 4.14. The summed E-state index contributed by atoms with van der Waals surface area (Å²) in [5.41, 5.74) is 0.449. The summed E-state index contributed by atoms with van der Waals surface area (Å²) in [5.74, 6) is -1.12. The van der Waals surface area contributed by atoms with Crippen LogP contribution in [0.2, 0.25) is 0 Å². The number of methoxy groups -OCH3 is 3. The van der Waals surface area contributed by atoms with E-state index in [1.807, 2.05) is 0 Å². The number of hydrogen-bond acceptors (Lipinski definition) is 8. The maximum absolute atomic E-state index is 12.2. The van der Waals surface area contributed by atoms with Crippen LogP contribution in [0.5, 0.6) is 11.5 Å². The van der Waals surface area contributed by atoms with E-state index in [9.17, 15) is 14.4 Å². The molecule has 1 aromatic carbocycles. The Labute approximate surface area is 167 Å². The Morgan fingerprint density at radius 2 is 1.70 bits per heavy atom. The van der Waals surface area contributed by atoms with E-state index >= 15 is 0 Å². The van der Waals surface area contributed by atoms with Crippen LogP contribution in [-0.4, -0.2) is 45.8 Å². The predicted octanol–water partition coefficient (Wildman–Crippen LogP) is 3.11. The maximum atomic E-state index is 12.2. The molecule has 0 aliphatic heterocycles. The highest BCUT2D eigenvalue weighted by molar-refractivity contribution is 9.10. The number of ether oxygens (including phenoxy) is 4. The van der Waals surface area contributed by atoms with E-state index in [2.05, 4.69) is 26.0 Å². The Kier molecular flexibility index (Phi) is 7.19. The molecular formula is C17H16BrNO7S. The van der Waals surface area contributed by atoms with Crippen molar-refractivity contribution in [2.24, 2.45) is 0 Å². The zero-order valence-corrected chi connectivity index (χ0v) is 17.1. The Morgan fingerprint density at radius 3 is 2.26 bits per heavy atom. The summed E-state index contributed by atoms with van der Waals surface area (Å²) in [6, 6.07) is 4.48. The Morgan fingerprint density at radius 1 is 1.07 bits per heavy atom. The average molecular weight is 458 g/mol. The third kappa shape index (κ3) is 4.98. The number of carbonyl (C=O) groups excluding carboxylic acids is 3. The van der Waals surface area contributed by atoms with Crippen molar-refractivity contribution in [1.29, 1.82) is 0 Å². The monoisotopic (exact) mass is 457 g/mol. The van der Waals surface area contributed by atoms with Gasteiger partial charge in [0.25, 0.3) is 5.91 Å². The van der Waals surface area contributed by atoms with Crippen molar-refractivity contribution in [3.63, 3.8) is 0 Å². The summed E-state index contributed by atoms with van der Waals surface area (Å²) in [4.78, 5) is 36.1. The fraction of sp³-hybridized carbons (Fsp3) is 0.235. The van der Waals surface area contributed by atoms with E-state index in [-0.39, 0.29) is 10.4 Å². The third-order valence-electron chi connectivity index (χ3n) is 3.33. The van der Waals surface area contributed by atoms with E-state index in [0.29, 0.717) is 21.7 Å². The van der Waals surface area contributed by atoms with Gasteiger partial charge in [0, 0.05) is 0 Å². The molecule has 0 atom stereocenters. The first-order valence-electron chi connectivity index (χ1n) is 7.45. The summed E-state index contributed by atoms with van der Waals surface area (Å²) in [6.45, 7) is -0.532. The van der Waals surface area contributed by atoms with Gasteiger partial charge in [-0.05, 0) is 39.5 Å². The van der Waals surface area contributed by atoms with Gasteiger partial charge in [0.1, 0.15) is 20.8 Å². The van der Waals surface area contributed by atoms with Crippen LogP contribution < -0.4 is 14.8 Å². The van der Waals surface area contributed by atoms with Gasteiger partial charge in [-0.3, -0.25) is 4.79 Å². The molecule has 0 aliphatic carbocycles. The van der Waals surface area contributed by atoms with Crippen molar-refractivity contribution in [3.8, 4) is 11.5 Å². The molecule has 2 rings (SSSR count). The minimum absolute atomic E-state index is 0.158. The van der Waals surface area contributed by atoms with Crippen LogP contribution >= 0.6 is 27.3 Å². The lowest BCUT2D eigenvalue weighted by Gasteiger charge is -2.11. The second kappa shape index (κ2) is 9.38. The molecule has 1 N–H and O–H groups in total. The van der Waals surface area contributed by atoms with Crippen molar-refractivity contribution < 1.29 is 33.3 Å². The van der Waals surface area contributed by atoms with Gasteiger partial charge in [0.15, 0.2) is 6.61 Å². The lowest BCUT2D eigenvalue weighted by atomic mass is 10.2. The molecule has 27 heavy (non-hydrogen) atoms. The molecule has 2 aromatic rings. The normalized spacial score (nSPS) is 10.1. The molecule has 0 radical (unpaired) electrons. The van der Waals surface area contributed by atoms with E-state index in [1.165, 1.54) is 33.5 Å². The van der Waals surface area contributed by atoms with Crippen LogP contribution in [0.25, 0.3) is 0 Å². The summed E-state index contributed by atoms with van der Waals surface area (Å²) in [7, 11) is 4.14. The first-order valence-corrected chi connectivity index (χ1v) is 9.12. The van der Waals surface area contributed by atoms with E-state index in [1.54, 1.807) is 11.4 Å². The van der Waals surface area contributed by atoms with Crippen LogP contribution in [0.3, 0.4) is 0 Å². The van der Waals surface area contributed by atoms with Crippen molar-refractivity contribution in [2.75, 3.05) is 33.3 Å². The zero-order chi connectivity index (χ0) is 20.0. The van der Waals surface area contributed by atoms with Crippen molar-refractivity contribution in [3.05, 3.63) is 38.5 Å².